The lowest BCUT2D eigenvalue weighted by molar-refractivity contribution is 0.283. The van der Waals surface area contributed by atoms with Crippen LogP contribution in [-0.2, 0) is 11.3 Å². The molecule has 5 N–H and O–H groups in total. The lowest BCUT2D eigenvalue weighted by Crippen LogP contribution is -2.19. The molecule has 3 aromatic rings. The van der Waals surface area contributed by atoms with E-state index < -0.39 is 0 Å². The number of methoxy groups -OCH3 is 1. The zero-order chi connectivity index (χ0) is 22.0. The Morgan fingerprint density at radius 3 is 2.65 bits per heavy atom. The maximum atomic E-state index is 10.2. The first-order chi connectivity index (χ1) is 15.1. The van der Waals surface area contributed by atoms with E-state index in [1.165, 1.54) is 0 Å². The van der Waals surface area contributed by atoms with Gasteiger partial charge in [0.05, 0.1) is 31.7 Å². The second-order valence-corrected chi connectivity index (χ2v) is 7.63. The van der Waals surface area contributed by atoms with E-state index in [4.69, 9.17) is 9.73 Å². The van der Waals surface area contributed by atoms with Crippen LogP contribution in [0.2, 0.25) is 0 Å². The lowest BCUT2D eigenvalue weighted by atomic mass is 10.0. The summed E-state index contributed by atoms with van der Waals surface area (Å²) in [6, 6.07) is 10.1. The van der Waals surface area contributed by atoms with E-state index in [0.29, 0.717) is 35.8 Å². The number of aromatic amines is 2. The number of aliphatic hydroxyl groups is 2. The Balaban J connectivity index is 1.86. The quantitative estimate of drug-likeness (QED) is 0.361. The number of aliphatic imine (C=N–C) groups is 1. The number of aryl methyl sites for hydroxylation is 2. The fraction of sp³-hybridized carbons (Fsp3) is 0.292. The Morgan fingerprint density at radius 2 is 1.97 bits per heavy atom. The van der Waals surface area contributed by atoms with Crippen molar-refractivity contribution in [2.45, 2.75) is 20.4 Å². The standard InChI is InChI=1S/C24H28N4O3/c1-14-10-15(2)26-20(14)11-21-24(31-3)18(13-30)23(28-21)22-17(12-25-8-9-29)16-6-4-5-7-19(16)27-22/h4-7,10-11,25-27,29-30H,8-9,12-13H2,1-3H3. The Morgan fingerprint density at radius 1 is 1.16 bits per heavy atom. The van der Waals surface area contributed by atoms with Crippen LogP contribution in [0.1, 0.15) is 28.2 Å². The van der Waals surface area contributed by atoms with E-state index >= 15 is 0 Å². The largest absolute Gasteiger partial charge is 0.494 e. The highest BCUT2D eigenvalue weighted by Crippen LogP contribution is 2.33. The molecule has 0 saturated heterocycles. The normalized spacial score (nSPS) is 15.4. The van der Waals surface area contributed by atoms with Gasteiger partial charge in [-0.1, -0.05) is 18.2 Å². The predicted octanol–water partition coefficient (Wildman–Crippen LogP) is 2.93. The van der Waals surface area contributed by atoms with Crippen molar-refractivity contribution in [2.24, 2.45) is 4.99 Å². The van der Waals surface area contributed by atoms with Crippen LogP contribution in [0, 0.1) is 13.8 Å². The summed E-state index contributed by atoms with van der Waals surface area (Å²) < 4.78 is 5.67. The second-order valence-electron chi connectivity index (χ2n) is 7.63. The average Bonchev–Trinajstić information content (AvgIpc) is 3.40. The third kappa shape index (κ3) is 3.95. The summed E-state index contributed by atoms with van der Waals surface area (Å²) in [5, 5.41) is 23.7. The van der Waals surface area contributed by atoms with E-state index in [9.17, 15) is 10.2 Å². The molecule has 0 saturated carbocycles. The highest BCUT2D eigenvalue weighted by Gasteiger charge is 2.29. The fourth-order valence-corrected chi connectivity index (χ4v) is 4.09. The van der Waals surface area contributed by atoms with Crippen LogP contribution in [0.15, 0.2) is 52.4 Å². The van der Waals surface area contributed by atoms with Crippen LogP contribution in [-0.4, -0.2) is 52.8 Å². The minimum atomic E-state index is -0.193. The van der Waals surface area contributed by atoms with E-state index in [1.54, 1.807) is 7.11 Å². The summed E-state index contributed by atoms with van der Waals surface area (Å²) in [6.45, 7) is 4.99. The molecule has 1 aliphatic heterocycles. The summed E-state index contributed by atoms with van der Waals surface area (Å²) >= 11 is 0. The van der Waals surface area contributed by atoms with Crippen molar-refractivity contribution in [2.75, 3.05) is 26.9 Å². The van der Waals surface area contributed by atoms with Crippen molar-refractivity contribution in [1.29, 1.82) is 0 Å². The molecule has 162 valence electrons. The number of ether oxygens (including phenoxy) is 1. The van der Waals surface area contributed by atoms with Crippen molar-refractivity contribution in [3.8, 4) is 0 Å². The minimum absolute atomic E-state index is 0.0655. The van der Waals surface area contributed by atoms with Crippen LogP contribution < -0.4 is 5.32 Å². The van der Waals surface area contributed by atoms with Crippen molar-refractivity contribution >= 4 is 22.7 Å². The summed E-state index contributed by atoms with van der Waals surface area (Å²) in [4.78, 5) is 11.7. The molecule has 31 heavy (non-hydrogen) atoms. The van der Waals surface area contributed by atoms with Gasteiger partial charge in [-0.3, -0.25) is 0 Å². The molecular weight excluding hydrogens is 392 g/mol. The molecule has 0 atom stereocenters. The third-order valence-corrected chi connectivity index (χ3v) is 5.50. The molecular formula is C24H28N4O3. The van der Waals surface area contributed by atoms with Gasteiger partial charge < -0.3 is 30.2 Å². The number of nitrogens with zero attached hydrogens (tertiary/aromatic N) is 1. The molecule has 7 heteroatoms. The highest BCUT2D eigenvalue weighted by molar-refractivity contribution is 6.18. The first-order valence-corrected chi connectivity index (χ1v) is 10.3. The molecule has 0 unspecified atom stereocenters. The molecule has 2 aromatic heterocycles. The Hall–Kier alpha value is -3.13. The number of fused-ring (bicyclic) bond motifs is 1. The zero-order valence-electron chi connectivity index (χ0n) is 18.0. The summed E-state index contributed by atoms with van der Waals surface area (Å²) in [7, 11) is 1.60. The van der Waals surface area contributed by atoms with Gasteiger partial charge in [-0.2, -0.15) is 0 Å². The number of aromatic nitrogens is 2. The van der Waals surface area contributed by atoms with E-state index in [2.05, 4.69) is 27.4 Å². The van der Waals surface area contributed by atoms with Gasteiger partial charge in [-0.15, -0.1) is 0 Å². The van der Waals surface area contributed by atoms with Crippen LogP contribution in [0.3, 0.4) is 0 Å². The number of hydrogen-bond donors (Lipinski definition) is 5. The summed E-state index contributed by atoms with van der Waals surface area (Å²) in [5.74, 6) is 0.567. The van der Waals surface area contributed by atoms with E-state index in [0.717, 1.165) is 39.1 Å². The van der Waals surface area contributed by atoms with Gasteiger partial charge in [-0.05, 0) is 37.6 Å². The average molecular weight is 421 g/mol. The Kier molecular flexibility index (Phi) is 6.08. The van der Waals surface area contributed by atoms with Gasteiger partial charge in [0.15, 0.2) is 5.76 Å². The van der Waals surface area contributed by atoms with Gasteiger partial charge in [-0.25, -0.2) is 4.99 Å². The number of rotatable bonds is 8. The fourth-order valence-electron chi connectivity index (χ4n) is 4.09. The molecule has 0 bridgehead atoms. The molecule has 3 heterocycles. The smallest absolute Gasteiger partial charge is 0.152 e. The summed E-state index contributed by atoms with van der Waals surface area (Å²) in [5.41, 5.74) is 8.01. The minimum Gasteiger partial charge on any atom is -0.494 e. The highest BCUT2D eigenvalue weighted by atomic mass is 16.5. The molecule has 1 aliphatic rings. The number of H-pyrrole nitrogens is 2. The maximum absolute atomic E-state index is 10.2. The number of nitrogens with one attached hydrogen (secondary N) is 3. The van der Waals surface area contributed by atoms with E-state index in [1.807, 2.05) is 38.1 Å². The van der Waals surface area contributed by atoms with Gasteiger partial charge in [0.25, 0.3) is 0 Å². The monoisotopic (exact) mass is 420 g/mol. The van der Waals surface area contributed by atoms with Gasteiger partial charge in [0.2, 0.25) is 0 Å². The van der Waals surface area contributed by atoms with Crippen LogP contribution in [0.5, 0.6) is 0 Å². The molecule has 1 aromatic carbocycles. The second kappa shape index (κ2) is 8.93. The first kappa shape index (κ1) is 21.1. The van der Waals surface area contributed by atoms with Crippen LogP contribution in [0.4, 0.5) is 0 Å². The van der Waals surface area contributed by atoms with Crippen molar-refractivity contribution in [3.05, 3.63) is 75.6 Å². The van der Waals surface area contributed by atoms with Crippen molar-refractivity contribution in [1.82, 2.24) is 15.3 Å². The van der Waals surface area contributed by atoms with Crippen LogP contribution in [0.25, 0.3) is 17.0 Å². The van der Waals surface area contributed by atoms with Crippen molar-refractivity contribution in [3.63, 3.8) is 0 Å². The molecule has 0 fully saturated rings. The number of benzene rings is 1. The molecule has 0 spiro atoms. The third-order valence-electron chi connectivity index (χ3n) is 5.50. The molecule has 4 rings (SSSR count). The maximum Gasteiger partial charge on any atom is 0.152 e. The summed E-state index contributed by atoms with van der Waals surface area (Å²) in [6.07, 6.45) is 1.95. The van der Waals surface area contributed by atoms with Gasteiger partial charge in [0, 0.05) is 46.5 Å². The van der Waals surface area contributed by atoms with Crippen molar-refractivity contribution < 1.29 is 14.9 Å². The number of aliphatic hydroxyl groups excluding tert-OH is 2. The predicted molar refractivity (Wildman–Crippen MR) is 123 cm³/mol. The molecule has 7 nitrogen and oxygen atoms in total. The Bertz CT molecular complexity index is 1200. The molecule has 0 amide bonds. The lowest BCUT2D eigenvalue weighted by Gasteiger charge is -2.09. The van der Waals surface area contributed by atoms with Gasteiger partial charge >= 0.3 is 0 Å². The number of hydrogen-bond acceptors (Lipinski definition) is 5. The topological polar surface area (TPSA) is 106 Å². The first-order valence-electron chi connectivity index (χ1n) is 10.3. The molecule has 0 aliphatic carbocycles. The van der Waals surface area contributed by atoms with E-state index in [-0.39, 0.29) is 13.2 Å². The number of para-hydroxylation sites is 1. The Labute approximate surface area is 181 Å². The zero-order valence-corrected chi connectivity index (χ0v) is 18.0. The molecule has 0 radical (unpaired) electrons. The van der Waals surface area contributed by atoms with Gasteiger partial charge in [0.1, 0.15) is 5.70 Å². The van der Waals surface area contributed by atoms with Crippen LogP contribution >= 0.6 is 0 Å². The SMILES string of the molecule is COC1=C(CO)C(c2[nH]c3ccccc3c2CNCCO)=NC1=Cc1[nH]c(C)cc1C.